The van der Waals surface area contributed by atoms with Gasteiger partial charge in [-0.05, 0) is 65.3 Å². The average Bonchev–Trinajstić information content (AvgIpc) is 2.46. The highest BCUT2D eigenvalue weighted by atomic mass is 14.3. The summed E-state index contributed by atoms with van der Waals surface area (Å²) in [6.07, 6.45) is 11.8. The molecule has 4 rings (SSSR count). The van der Waals surface area contributed by atoms with E-state index in [4.69, 9.17) is 0 Å². The lowest BCUT2D eigenvalue weighted by Gasteiger charge is -2.29. The van der Waals surface area contributed by atoms with Gasteiger partial charge in [0.25, 0.3) is 0 Å². The summed E-state index contributed by atoms with van der Waals surface area (Å²) in [5.41, 5.74) is 7.85. The molecule has 0 nitrogen and oxygen atoms in total. The summed E-state index contributed by atoms with van der Waals surface area (Å²) in [5, 5.41) is 2.90. The van der Waals surface area contributed by atoms with Crippen LogP contribution in [0.3, 0.4) is 0 Å². The van der Waals surface area contributed by atoms with Crippen LogP contribution in [0.2, 0.25) is 0 Å². The second-order valence-corrected chi connectivity index (χ2v) is 5.75. The van der Waals surface area contributed by atoms with E-state index in [2.05, 4.69) is 49.4 Å². The number of hydrogen-bond acceptors (Lipinski definition) is 0. The van der Waals surface area contributed by atoms with Crippen LogP contribution in [0.15, 0.2) is 58.7 Å². The molecule has 0 heteroatoms. The zero-order valence-electron chi connectivity index (χ0n) is 11.4. The fraction of sp³-hybridized carbons (Fsp3) is 0.263. The molecular formula is C19H18. The molecule has 0 unspecified atom stereocenters. The standard InChI is InChI=1S/C19H18/c1-13-6-9-17-15(12-13)8-11-18-16-5-3-2-4-14(16)7-10-19(17)18/h2-7,12H,8-11H2,1H3. The van der Waals surface area contributed by atoms with Gasteiger partial charge in [-0.1, -0.05) is 48.1 Å². The van der Waals surface area contributed by atoms with Gasteiger partial charge in [-0.2, -0.15) is 0 Å². The molecule has 0 saturated heterocycles. The number of rotatable bonds is 0. The molecule has 0 N–H and O–H groups in total. The molecule has 0 aliphatic heterocycles. The summed E-state index contributed by atoms with van der Waals surface area (Å²) in [4.78, 5) is 0. The van der Waals surface area contributed by atoms with Gasteiger partial charge in [0.1, 0.15) is 0 Å². The molecule has 3 aliphatic rings. The molecule has 0 fully saturated rings. The van der Waals surface area contributed by atoms with E-state index in [1.54, 1.807) is 22.3 Å². The van der Waals surface area contributed by atoms with Crippen LogP contribution >= 0.6 is 0 Å². The Morgan fingerprint density at radius 1 is 0.842 bits per heavy atom. The zero-order valence-corrected chi connectivity index (χ0v) is 11.4. The largest absolute Gasteiger partial charge is 0.0772 e. The normalized spacial score (nSPS) is 20.8. The fourth-order valence-corrected chi connectivity index (χ4v) is 3.65. The van der Waals surface area contributed by atoms with Gasteiger partial charge in [-0.25, -0.2) is 0 Å². The number of benzene rings is 1. The topological polar surface area (TPSA) is 0 Å². The van der Waals surface area contributed by atoms with Gasteiger partial charge < -0.3 is 0 Å². The van der Waals surface area contributed by atoms with Crippen LogP contribution in [-0.4, -0.2) is 0 Å². The number of hydrogen-bond donors (Lipinski definition) is 0. The van der Waals surface area contributed by atoms with E-state index in [0.29, 0.717) is 0 Å². The van der Waals surface area contributed by atoms with E-state index in [1.165, 1.54) is 28.9 Å². The first kappa shape index (κ1) is 11.0. The van der Waals surface area contributed by atoms with Crippen molar-refractivity contribution in [3.8, 4) is 0 Å². The fourth-order valence-electron chi connectivity index (χ4n) is 3.65. The van der Waals surface area contributed by atoms with Gasteiger partial charge in [0.15, 0.2) is 0 Å². The van der Waals surface area contributed by atoms with Crippen molar-refractivity contribution in [3.05, 3.63) is 69.1 Å². The lowest BCUT2D eigenvalue weighted by molar-refractivity contribution is 0.900. The lowest BCUT2D eigenvalue weighted by Crippen LogP contribution is -2.31. The van der Waals surface area contributed by atoms with E-state index in [0.717, 1.165) is 12.8 Å². The van der Waals surface area contributed by atoms with Gasteiger partial charge in [-0.15, -0.1) is 0 Å². The summed E-state index contributed by atoms with van der Waals surface area (Å²) < 4.78 is 0. The second kappa shape index (κ2) is 4.09. The van der Waals surface area contributed by atoms with E-state index < -0.39 is 0 Å². The highest BCUT2D eigenvalue weighted by molar-refractivity contribution is 5.75. The molecule has 0 saturated carbocycles. The van der Waals surface area contributed by atoms with Crippen LogP contribution < -0.4 is 10.4 Å². The predicted octanol–water partition coefficient (Wildman–Crippen LogP) is 3.39. The van der Waals surface area contributed by atoms with Gasteiger partial charge in [0, 0.05) is 0 Å². The van der Waals surface area contributed by atoms with Gasteiger partial charge >= 0.3 is 0 Å². The molecule has 0 amide bonds. The minimum atomic E-state index is 1.12. The molecule has 0 spiro atoms. The maximum absolute atomic E-state index is 2.40. The first-order chi connectivity index (χ1) is 9.33. The monoisotopic (exact) mass is 246 g/mol. The maximum Gasteiger partial charge on any atom is -0.00823 e. The second-order valence-electron chi connectivity index (χ2n) is 5.75. The van der Waals surface area contributed by atoms with Gasteiger partial charge in [0.05, 0.1) is 0 Å². The average molecular weight is 246 g/mol. The van der Waals surface area contributed by atoms with Crippen molar-refractivity contribution in [1.82, 2.24) is 0 Å². The Balaban J connectivity index is 2.00. The summed E-state index contributed by atoms with van der Waals surface area (Å²) in [6, 6.07) is 8.86. The molecule has 94 valence electrons. The maximum atomic E-state index is 2.40. The first-order valence-corrected chi connectivity index (χ1v) is 7.21. The quantitative estimate of drug-likeness (QED) is 0.658. The van der Waals surface area contributed by atoms with E-state index in [9.17, 15) is 0 Å². The third-order valence-electron chi connectivity index (χ3n) is 4.60. The highest BCUT2D eigenvalue weighted by Gasteiger charge is 2.23. The number of fused-ring (bicyclic) bond motifs is 3. The minimum absolute atomic E-state index is 1.12. The molecule has 1 aromatic carbocycles. The van der Waals surface area contributed by atoms with Crippen molar-refractivity contribution in [1.29, 1.82) is 0 Å². The Labute approximate surface area is 114 Å². The van der Waals surface area contributed by atoms with E-state index in [-0.39, 0.29) is 0 Å². The van der Waals surface area contributed by atoms with Crippen molar-refractivity contribution in [2.75, 3.05) is 0 Å². The van der Waals surface area contributed by atoms with Crippen molar-refractivity contribution in [2.45, 2.75) is 32.6 Å². The van der Waals surface area contributed by atoms with Crippen molar-refractivity contribution in [3.63, 3.8) is 0 Å². The Bertz CT molecular complexity index is 767. The predicted molar refractivity (Wildman–Crippen MR) is 80.9 cm³/mol. The zero-order chi connectivity index (χ0) is 12.8. The Hall–Kier alpha value is -1.82. The van der Waals surface area contributed by atoms with E-state index in [1.807, 2.05) is 0 Å². The first-order valence-electron chi connectivity index (χ1n) is 7.21. The van der Waals surface area contributed by atoms with E-state index >= 15 is 0 Å². The van der Waals surface area contributed by atoms with Crippen molar-refractivity contribution < 1.29 is 0 Å². The molecule has 19 heavy (non-hydrogen) atoms. The summed E-state index contributed by atoms with van der Waals surface area (Å²) >= 11 is 0. The Kier molecular flexibility index (Phi) is 2.38. The Morgan fingerprint density at radius 2 is 1.68 bits per heavy atom. The highest BCUT2D eigenvalue weighted by Crippen LogP contribution is 2.40. The van der Waals surface area contributed by atoms with Crippen LogP contribution in [0.5, 0.6) is 0 Å². The molecule has 0 bridgehead atoms. The molecule has 0 radical (unpaired) electrons. The molecule has 0 atom stereocenters. The summed E-state index contributed by atoms with van der Waals surface area (Å²) in [7, 11) is 0. The third-order valence-corrected chi connectivity index (χ3v) is 4.60. The van der Waals surface area contributed by atoms with Crippen molar-refractivity contribution in [2.24, 2.45) is 0 Å². The van der Waals surface area contributed by atoms with Crippen LogP contribution in [0, 0.1) is 0 Å². The van der Waals surface area contributed by atoms with Crippen LogP contribution in [0.4, 0.5) is 0 Å². The molecule has 1 aromatic rings. The van der Waals surface area contributed by atoms with Crippen molar-refractivity contribution >= 4 is 11.6 Å². The van der Waals surface area contributed by atoms with Crippen LogP contribution in [0.25, 0.3) is 11.6 Å². The smallest absolute Gasteiger partial charge is 0.00823 e. The molecule has 3 aliphatic carbocycles. The van der Waals surface area contributed by atoms with Crippen LogP contribution in [0.1, 0.15) is 32.6 Å². The van der Waals surface area contributed by atoms with Crippen LogP contribution in [-0.2, 0) is 0 Å². The minimum Gasteiger partial charge on any atom is -0.0772 e. The third kappa shape index (κ3) is 1.67. The Morgan fingerprint density at radius 3 is 2.63 bits per heavy atom. The molecular weight excluding hydrogens is 228 g/mol. The summed E-state index contributed by atoms with van der Waals surface area (Å²) in [5.74, 6) is 0. The SMILES string of the molecule is CC1=CCC2=C3CC=c4ccccc4=C3CCC2=C1. The van der Waals surface area contributed by atoms with Gasteiger partial charge in [-0.3, -0.25) is 0 Å². The lowest BCUT2D eigenvalue weighted by atomic mass is 9.76. The van der Waals surface area contributed by atoms with Gasteiger partial charge in [0.2, 0.25) is 0 Å². The molecule has 0 heterocycles. The molecule has 0 aromatic heterocycles. The summed E-state index contributed by atoms with van der Waals surface area (Å²) in [6.45, 7) is 2.22. The number of allylic oxidation sites excluding steroid dienone is 6.